The smallest absolute Gasteiger partial charge is 0.258 e. The molecule has 0 aliphatic carbocycles. The number of para-hydroxylation sites is 1. The number of hydrogen-bond donors (Lipinski definition) is 3. The van der Waals surface area contributed by atoms with Crippen molar-refractivity contribution in [1.82, 2.24) is 10.6 Å². The molecule has 0 aliphatic heterocycles. The van der Waals surface area contributed by atoms with Gasteiger partial charge in [0, 0.05) is 11.6 Å². The molecule has 0 radical (unpaired) electrons. The Balaban J connectivity index is 2.05. The Kier molecular flexibility index (Phi) is 8.03. The van der Waals surface area contributed by atoms with Gasteiger partial charge in [-0.05, 0) is 49.0 Å². The van der Waals surface area contributed by atoms with E-state index >= 15 is 0 Å². The van der Waals surface area contributed by atoms with Gasteiger partial charge in [0.25, 0.3) is 11.8 Å². The summed E-state index contributed by atoms with van der Waals surface area (Å²) in [5.74, 6) is -0.680. The van der Waals surface area contributed by atoms with Crippen LogP contribution in [-0.2, 0) is 0 Å². The van der Waals surface area contributed by atoms with Crippen LogP contribution in [0.1, 0.15) is 40.5 Å². The lowest BCUT2D eigenvalue weighted by atomic mass is 10.1. The molecule has 0 saturated carbocycles. The van der Waals surface area contributed by atoms with Crippen molar-refractivity contribution in [3.8, 4) is 0 Å². The Morgan fingerprint density at radius 1 is 1.04 bits per heavy atom. The lowest BCUT2D eigenvalue weighted by Gasteiger charge is -2.14. The summed E-state index contributed by atoms with van der Waals surface area (Å²) in [5, 5.41) is 8.99. The zero-order valence-corrected chi connectivity index (χ0v) is 17.0. The zero-order valence-electron chi connectivity index (χ0n) is 14.6. The molecule has 0 spiro atoms. The first-order valence-corrected chi connectivity index (χ1v) is 9.53. The molecule has 8 heteroatoms. The van der Waals surface area contributed by atoms with Gasteiger partial charge in [0.05, 0.1) is 21.8 Å². The van der Waals surface area contributed by atoms with Gasteiger partial charge in [-0.1, -0.05) is 48.7 Å². The van der Waals surface area contributed by atoms with Gasteiger partial charge in [0.1, 0.15) is 0 Å². The number of carbonyl (C=O) groups excluding carboxylic acids is 2. The van der Waals surface area contributed by atoms with E-state index < -0.39 is 5.91 Å². The molecule has 0 aromatic heterocycles. The molecule has 3 N–H and O–H groups in total. The number of carbonyl (C=O) groups is 2. The molecule has 0 heterocycles. The van der Waals surface area contributed by atoms with Crippen LogP contribution < -0.4 is 16.0 Å². The van der Waals surface area contributed by atoms with Gasteiger partial charge in [-0.3, -0.25) is 14.9 Å². The van der Waals surface area contributed by atoms with Crippen molar-refractivity contribution in [3.05, 3.63) is 63.6 Å². The van der Waals surface area contributed by atoms with Gasteiger partial charge in [0.2, 0.25) is 0 Å². The second-order valence-electron chi connectivity index (χ2n) is 5.69. The van der Waals surface area contributed by atoms with Crippen molar-refractivity contribution >= 4 is 58.0 Å². The monoisotopic (exact) mass is 423 g/mol. The Morgan fingerprint density at radius 2 is 1.78 bits per heavy atom. The lowest BCUT2D eigenvalue weighted by molar-refractivity contribution is 0.0952. The Labute approximate surface area is 173 Å². The quantitative estimate of drug-likeness (QED) is 0.467. The highest BCUT2D eigenvalue weighted by Crippen LogP contribution is 2.21. The SMILES string of the molecule is CCCCNC(=O)c1ccccc1NC(=S)NC(=O)c1ccc(Cl)cc1Cl. The maximum atomic E-state index is 12.3. The molecule has 0 atom stereocenters. The van der Waals surface area contributed by atoms with Crippen molar-refractivity contribution in [2.24, 2.45) is 0 Å². The summed E-state index contributed by atoms with van der Waals surface area (Å²) in [7, 11) is 0. The van der Waals surface area contributed by atoms with E-state index in [4.69, 9.17) is 35.4 Å². The highest BCUT2D eigenvalue weighted by atomic mass is 35.5. The molecule has 2 amide bonds. The minimum Gasteiger partial charge on any atom is -0.352 e. The topological polar surface area (TPSA) is 70.2 Å². The van der Waals surface area contributed by atoms with Crippen LogP contribution in [0.2, 0.25) is 10.0 Å². The molecule has 2 aromatic carbocycles. The van der Waals surface area contributed by atoms with Gasteiger partial charge >= 0.3 is 0 Å². The molecule has 0 saturated heterocycles. The molecule has 2 aromatic rings. The first kappa shape index (κ1) is 21.2. The second-order valence-corrected chi connectivity index (χ2v) is 6.94. The molecule has 142 valence electrons. The second kappa shape index (κ2) is 10.3. The summed E-state index contributed by atoms with van der Waals surface area (Å²) < 4.78 is 0. The van der Waals surface area contributed by atoms with Gasteiger partial charge in [-0.15, -0.1) is 0 Å². The molecule has 27 heavy (non-hydrogen) atoms. The average Bonchev–Trinajstić information content (AvgIpc) is 2.62. The Morgan fingerprint density at radius 3 is 2.48 bits per heavy atom. The van der Waals surface area contributed by atoms with Crippen LogP contribution in [0.3, 0.4) is 0 Å². The lowest BCUT2D eigenvalue weighted by Crippen LogP contribution is -2.35. The molecular weight excluding hydrogens is 405 g/mol. The maximum absolute atomic E-state index is 12.3. The number of halogens is 2. The van der Waals surface area contributed by atoms with E-state index in [2.05, 4.69) is 22.9 Å². The normalized spacial score (nSPS) is 10.2. The fourth-order valence-electron chi connectivity index (χ4n) is 2.26. The van der Waals surface area contributed by atoms with Crippen molar-refractivity contribution < 1.29 is 9.59 Å². The molecule has 0 bridgehead atoms. The van der Waals surface area contributed by atoms with Crippen molar-refractivity contribution in [1.29, 1.82) is 0 Å². The number of amides is 2. The molecular formula is C19H19Cl2N3O2S. The van der Waals surface area contributed by atoms with Crippen molar-refractivity contribution in [3.63, 3.8) is 0 Å². The minimum absolute atomic E-state index is 0.0554. The van der Waals surface area contributed by atoms with E-state index in [1.165, 1.54) is 12.1 Å². The number of thiocarbonyl (C=S) groups is 1. The Bertz CT molecular complexity index is 859. The van der Waals surface area contributed by atoms with Crippen LogP contribution in [0.4, 0.5) is 5.69 Å². The van der Waals surface area contributed by atoms with Gasteiger partial charge < -0.3 is 10.6 Å². The third-order valence-corrected chi connectivity index (χ3v) is 4.39. The summed E-state index contributed by atoms with van der Waals surface area (Å²) in [5.41, 5.74) is 1.18. The van der Waals surface area contributed by atoms with Crippen molar-refractivity contribution in [2.75, 3.05) is 11.9 Å². The van der Waals surface area contributed by atoms with Crippen LogP contribution in [-0.4, -0.2) is 23.5 Å². The average molecular weight is 424 g/mol. The van der Waals surface area contributed by atoms with E-state index in [1.54, 1.807) is 30.3 Å². The summed E-state index contributed by atoms with van der Waals surface area (Å²) in [6, 6.07) is 11.5. The van der Waals surface area contributed by atoms with Crippen LogP contribution >= 0.6 is 35.4 Å². The molecule has 0 aliphatic rings. The third kappa shape index (κ3) is 6.20. The molecule has 2 rings (SSSR count). The van der Waals surface area contributed by atoms with E-state index in [-0.39, 0.29) is 21.6 Å². The summed E-state index contributed by atoms with van der Waals surface area (Å²) in [6.45, 7) is 2.65. The maximum Gasteiger partial charge on any atom is 0.258 e. The zero-order chi connectivity index (χ0) is 19.8. The molecule has 0 fully saturated rings. The first-order valence-electron chi connectivity index (χ1n) is 8.37. The first-order chi connectivity index (χ1) is 12.9. The Hall–Kier alpha value is -2.15. The number of nitrogens with one attached hydrogen (secondary N) is 3. The molecule has 5 nitrogen and oxygen atoms in total. The number of rotatable bonds is 6. The predicted octanol–water partition coefficient (Wildman–Crippen LogP) is 4.65. The number of anilines is 1. The standard InChI is InChI=1S/C19H19Cl2N3O2S/c1-2-3-10-22-17(25)14-6-4-5-7-16(14)23-19(27)24-18(26)13-9-8-12(20)11-15(13)21/h4-9,11H,2-3,10H2,1H3,(H,22,25)(H2,23,24,26,27). The number of unbranched alkanes of at least 4 members (excludes halogenated alkanes) is 1. The van der Waals surface area contributed by atoms with Crippen LogP contribution in [0, 0.1) is 0 Å². The summed E-state index contributed by atoms with van der Waals surface area (Å²) >= 11 is 17.1. The third-order valence-electron chi connectivity index (χ3n) is 3.64. The fraction of sp³-hybridized carbons (Fsp3) is 0.211. The minimum atomic E-state index is -0.473. The van der Waals surface area contributed by atoms with Crippen LogP contribution in [0.25, 0.3) is 0 Å². The number of benzene rings is 2. The predicted molar refractivity (Wildman–Crippen MR) is 114 cm³/mol. The highest BCUT2D eigenvalue weighted by Gasteiger charge is 2.15. The van der Waals surface area contributed by atoms with Gasteiger partial charge in [-0.25, -0.2) is 0 Å². The number of hydrogen-bond acceptors (Lipinski definition) is 3. The highest BCUT2D eigenvalue weighted by molar-refractivity contribution is 7.80. The van der Waals surface area contributed by atoms with E-state index in [1.807, 2.05) is 0 Å². The summed E-state index contributed by atoms with van der Waals surface area (Å²) in [6.07, 6.45) is 1.89. The van der Waals surface area contributed by atoms with Crippen molar-refractivity contribution in [2.45, 2.75) is 19.8 Å². The van der Waals surface area contributed by atoms with Gasteiger partial charge in [-0.2, -0.15) is 0 Å². The van der Waals surface area contributed by atoms with Gasteiger partial charge in [0.15, 0.2) is 5.11 Å². The van der Waals surface area contributed by atoms with Crippen LogP contribution in [0.15, 0.2) is 42.5 Å². The largest absolute Gasteiger partial charge is 0.352 e. The van der Waals surface area contributed by atoms with E-state index in [9.17, 15) is 9.59 Å². The fourth-order valence-corrected chi connectivity index (χ4v) is 2.96. The van der Waals surface area contributed by atoms with Crippen LogP contribution in [0.5, 0.6) is 0 Å². The van der Waals surface area contributed by atoms with E-state index in [0.29, 0.717) is 22.8 Å². The van der Waals surface area contributed by atoms with E-state index in [0.717, 1.165) is 12.8 Å². The molecule has 0 unspecified atom stereocenters. The summed E-state index contributed by atoms with van der Waals surface area (Å²) in [4.78, 5) is 24.7.